The average molecular weight is 199 g/mol. The summed E-state index contributed by atoms with van der Waals surface area (Å²) >= 11 is 1.54. The largest absolute Gasteiger partial charge is 0.246 e. The molecule has 0 atom stereocenters. The van der Waals surface area contributed by atoms with Gasteiger partial charge in [0.2, 0.25) is 0 Å². The van der Waals surface area contributed by atoms with E-state index in [-0.39, 0.29) is 0 Å². The second kappa shape index (κ2) is 3.05. The number of hydrogen-bond acceptors (Lipinski definition) is 2. The molecule has 0 unspecified atom stereocenters. The van der Waals surface area contributed by atoms with E-state index in [1.54, 1.807) is 0 Å². The molecule has 72 valence electrons. The third-order valence-corrected chi connectivity index (χ3v) is 4.10. The summed E-state index contributed by atoms with van der Waals surface area (Å²) in [5, 5.41) is 0.697. The van der Waals surface area contributed by atoms with Crippen molar-refractivity contribution in [3.05, 3.63) is 16.1 Å². The number of halogens is 1. The van der Waals surface area contributed by atoms with Crippen LogP contribution in [0.25, 0.3) is 0 Å². The van der Waals surface area contributed by atoms with E-state index in [9.17, 15) is 4.39 Å². The van der Waals surface area contributed by atoms with Gasteiger partial charge in [0.25, 0.3) is 0 Å². The van der Waals surface area contributed by atoms with Crippen molar-refractivity contribution in [2.45, 2.75) is 44.7 Å². The average Bonchev–Trinajstić information content (AvgIpc) is 2.48. The van der Waals surface area contributed by atoms with Gasteiger partial charge in [0.05, 0.1) is 0 Å². The summed E-state index contributed by atoms with van der Waals surface area (Å²) in [5.74, 6) is 0.468. The highest BCUT2D eigenvalue weighted by molar-refractivity contribution is 7.11. The molecular formula is C10H14FNS. The van der Waals surface area contributed by atoms with Crippen molar-refractivity contribution in [2.24, 2.45) is 0 Å². The fraction of sp³-hybridized carbons (Fsp3) is 0.700. The lowest BCUT2D eigenvalue weighted by Crippen LogP contribution is -2.28. The van der Waals surface area contributed by atoms with Crippen LogP contribution in [0.5, 0.6) is 0 Å². The van der Waals surface area contributed by atoms with Gasteiger partial charge >= 0.3 is 0 Å². The van der Waals surface area contributed by atoms with E-state index in [0.717, 1.165) is 6.42 Å². The van der Waals surface area contributed by atoms with Gasteiger partial charge in [-0.3, -0.25) is 0 Å². The number of rotatable bonds is 2. The molecule has 1 aliphatic carbocycles. The maximum atomic E-state index is 13.9. The number of alkyl halides is 1. The second-order valence-corrected chi connectivity index (χ2v) is 5.10. The minimum absolute atomic E-state index is 0.468. The van der Waals surface area contributed by atoms with E-state index in [0.29, 0.717) is 23.8 Å². The Balaban J connectivity index is 2.22. The van der Waals surface area contributed by atoms with Crippen molar-refractivity contribution in [2.75, 3.05) is 0 Å². The molecule has 1 nitrogen and oxygen atoms in total. The number of aromatic nitrogens is 1. The smallest absolute Gasteiger partial charge is 0.162 e. The molecule has 1 aromatic heterocycles. The zero-order valence-electron chi connectivity index (χ0n) is 8.01. The first-order chi connectivity index (χ1) is 6.12. The monoisotopic (exact) mass is 199 g/mol. The number of thiazole rings is 1. The molecule has 0 N–H and O–H groups in total. The summed E-state index contributed by atoms with van der Waals surface area (Å²) in [6.45, 7) is 4.23. The van der Waals surface area contributed by atoms with E-state index >= 15 is 0 Å². The third kappa shape index (κ3) is 1.50. The summed E-state index contributed by atoms with van der Waals surface area (Å²) in [6.07, 6.45) is 4.16. The standard InChI is InChI=1S/C10H14FNS/c1-7(2)8-6-12-9(13-8)10(11)4-3-5-10/h6-7H,3-5H2,1-2H3. The predicted molar refractivity (Wildman–Crippen MR) is 52.8 cm³/mol. The van der Waals surface area contributed by atoms with Crippen molar-refractivity contribution >= 4 is 11.3 Å². The van der Waals surface area contributed by atoms with Crippen LogP contribution in [0.15, 0.2) is 6.20 Å². The molecule has 0 aromatic carbocycles. The summed E-state index contributed by atoms with van der Waals surface area (Å²) in [7, 11) is 0. The Kier molecular flexibility index (Phi) is 2.14. The summed E-state index contributed by atoms with van der Waals surface area (Å²) in [6, 6.07) is 0. The lowest BCUT2D eigenvalue weighted by molar-refractivity contribution is 0.0606. The molecule has 1 saturated carbocycles. The van der Waals surface area contributed by atoms with Crippen LogP contribution in [0.3, 0.4) is 0 Å². The highest BCUT2D eigenvalue weighted by atomic mass is 32.1. The van der Waals surface area contributed by atoms with Crippen LogP contribution in [-0.2, 0) is 5.67 Å². The molecule has 0 radical (unpaired) electrons. The van der Waals surface area contributed by atoms with E-state index in [4.69, 9.17) is 0 Å². The van der Waals surface area contributed by atoms with Crippen LogP contribution < -0.4 is 0 Å². The first kappa shape index (κ1) is 9.13. The normalized spacial score (nSPS) is 20.3. The van der Waals surface area contributed by atoms with E-state index in [1.165, 1.54) is 16.2 Å². The van der Waals surface area contributed by atoms with Gasteiger partial charge in [-0.15, -0.1) is 11.3 Å². The molecule has 1 heterocycles. The summed E-state index contributed by atoms with van der Waals surface area (Å²) in [4.78, 5) is 5.37. The molecule has 1 aromatic rings. The van der Waals surface area contributed by atoms with Crippen molar-refractivity contribution in [1.29, 1.82) is 0 Å². The first-order valence-corrected chi connectivity index (χ1v) is 5.58. The Morgan fingerprint density at radius 1 is 1.54 bits per heavy atom. The van der Waals surface area contributed by atoms with Gasteiger partial charge in [-0.2, -0.15) is 0 Å². The maximum absolute atomic E-state index is 13.9. The van der Waals surface area contributed by atoms with Gasteiger partial charge < -0.3 is 0 Å². The fourth-order valence-electron chi connectivity index (χ4n) is 1.46. The van der Waals surface area contributed by atoms with Gasteiger partial charge in [0.15, 0.2) is 5.67 Å². The van der Waals surface area contributed by atoms with E-state index < -0.39 is 5.67 Å². The first-order valence-electron chi connectivity index (χ1n) is 4.77. The highest BCUT2D eigenvalue weighted by Gasteiger charge is 2.41. The van der Waals surface area contributed by atoms with Gasteiger partial charge in [-0.05, 0) is 25.2 Å². The van der Waals surface area contributed by atoms with Crippen LogP contribution in [-0.4, -0.2) is 4.98 Å². The lowest BCUT2D eigenvalue weighted by Gasteiger charge is -2.31. The van der Waals surface area contributed by atoms with Crippen LogP contribution in [0.1, 0.15) is 48.9 Å². The molecule has 0 aliphatic heterocycles. The Labute approximate surface area is 82.0 Å². The topological polar surface area (TPSA) is 12.9 Å². The van der Waals surface area contributed by atoms with Gasteiger partial charge in [0.1, 0.15) is 5.01 Å². The van der Waals surface area contributed by atoms with Crippen LogP contribution in [0, 0.1) is 0 Å². The molecule has 0 bridgehead atoms. The van der Waals surface area contributed by atoms with Crippen molar-refractivity contribution in [3.63, 3.8) is 0 Å². The van der Waals surface area contributed by atoms with Gasteiger partial charge in [-0.1, -0.05) is 13.8 Å². The Morgan fingerprint density at radius 3 is 2.62 bits per heavy atom. The van der Waals surface area contributed by atoms with Gasteiger partial charge in [-0.25, -0.2) is 9.37 Å². The Bertz CT molecular complexity index is 302. The van der Waals surface area contributed by atoms with Crippen molar-refractivity contribution in [3.8, 4) is 0 Å². The number of nitrogens with zero attached hydrogens (tertiary/aromatic N) is 1. The highest BCUT2D eigenvalue weighted by Crippen LogP contribution is 2.46. The molecule has 3 heteroatoms. The zero-order chi connectivity index (χ0) is 9.47. The molecule has 1 aliphatic rings. The molecule has 0 spiro atoms. The molecule has 0 amide bonds. The fourth-order valence-corrected chi connectivity index (χ4v) is 2.52. The molecule has 0 saturated heterocycles. The minimum atomic E-state index is -1.07. The number of hydrogen-bond donors (Lipinski definition) is 0. The van der Waals surface area contributed by atoms with Crippen LogP contribution in [0.2, 0.25) is 0 Å². The van der Waals surface area contributed by atoms with Crippen LogP contribution >= 0.6 is 11.3 Å². The van der Waals surface area contributed by atoms with E-state index in [2.05, 4.69) is 18.8 Å². The Morgan fingerprint density at radius 2 is 2.23 bits per heavy atom. The van der Waals surface area contributed by atoms with Gasteiger partial charge in [0, 0.05) is 11.1 Å². The Hall–Kier alpha value is -0.440. The quantitative estimate of drug-likeness (QED) is 0.709. The predicted octanol–water partition coefficient (Wildman–Crippen LogP) is 3.62. The summed E-state index contributed by atoms with van der Waals surface area (Å²) in [5.41, 5.74) is -1.07. The van der Waals surface area contributed by atoms with Crippen molar-refractivity contribution < 1.29 is 4.39 Å². The lowest BCUT2D eigenvalue weighted by atomic mass is 9.83. The zero-order valence-corrected chi connectivity index (χ0v) is 8.83. The molecular weight excluding hydrogens is 185 g/mol. The molecule has 13 heavy (non-hydrogen) atoms. The van der Waals surface area contributed by atoms with Crippen molar-refractivity contribution in [1.82, 2.24) is 4.98 Å². The molecule has 1 fully saturated rings. The minimum Gasteiger partial charge on any atom is -0.246 e. The third-order valence-electron chi connectivity index (χ3n) is 2.62. The van der Waals surface area contributed by atoms with Crippen LogP contribution in [0.4, 0.5) is 4.39 Å². The SMILES string of the molecule is CC(C)c1cnc(C2(F)CCC2)s1. The maximum Gasteiger partial charge on any atom is 0.162 e. The molecule has 2 rings (SSSR count). The van der Waals surface area contributed by atoms with E-state index in [1.807, 2.05) is 6.20 Å². The summed E-state index contributed by atoms with van der Waals surface area (Å²) < 4.78 is 13.9. The second-order valence-electron chi connectivity index (χ2n) is 4.04.